The van der Waals surface area contributed by atoms with Gasteiger partial charge in [-0.2, -0.15) is 5.10 Å². The van der Waals surface area contributed by atoms with Gasteiger partial charge in [0.05, 0.1) is 5.69 Å². The molecule has 1 heterocycles. The van der Waals surface area contributed by atoms with E-state index in [1.54, 1.807) is 4.90 Å². The van der Waals surface area contributed by atoms with Crippen molar-refractivity contribution in [3.05, 3.63) is 29.8 Å². The van der Waals surface area contributed by atoms with Crippen LogP contribution in [0.4, 0.5) is 10.5 Å². The molecule has 7 heteroatoms. The van der Waals surface area contributed by atoms with Crippen molar-refractivity contribution in [3.8, 4) is 0 Å². The number of primary amides is 1. The molecule has 3 amide bonds. The van der Waals surface area contributed by atoms with Crippen LogP contribution < -0.4 is 16.1 Å². The van der Waals surface area contributed by atoms with Crippen LogP contribution in [0.3, 0.4) is 0 Å². The number of rotatable bonds is 6. The van der Waals surface area contributed by atoms with E-state index < -0.39 is 6.03 Å². The van der Waals surface area contributed by atoms with Gasteiger partial charge < -0.3 is 10.6 Å². The Labute approximate surface area is 148 Å². The Morgan fingerprint density at radius 3 is 2.36 bits per heavy atom. The highest BCUT2D eigenvalue weighted by Gasteiger charge is 2.37. The number of anilines is 1. The number of urea groups is 1. The summed E-state index contributed by atoms with van der Waals surface area (Å²) in [6.07, 6.45) is 0. The van der Waals surface area contributed by atoms with Gasteiger partial charge in [-0.3, -0.25) is 9.69 Å². The SMILES string of the molecule is CC(CN(C(C)C)C(C)C)N1C(=O)C(=NNC(N)=O)c2ccccc21. The average Bonchev–Trinajstić information content (AvgIpc) is 2.81. The quantitative estimate of drug-likeness (QED) is 0.772. The molecule has 25 heavy (non-hydrogen) atoms. The standard InChI is InChI=1S/C18H27N5O2/c1-11(2)22(12(3)4)10-13(5)23-15-9-7-6-8-14(15)16(17(23)24)20-21-18(19)25/h6-9,11-13H,10H2,1-5H3,(H3,19,21,25). The van der Waals surface area contributed by atoms with Gasteiger partial charge in [-0.25, -0.2) is 10.2 Å². The molecule has 0 aliphatic carbocycles. The first kappa shape index (κ1) is 18.9. The Kier molecular flexibility index (Phi) is 5.79. The zero-order valence-corrected chi connectivity index (χ0v) is 15.5. The number of hydrogen-bond donors (Lipinski definition) is 2. The number of fused-ring (bicyclic) bond motifs is 1. The molecule has 1 aromatic carbocycles. The molecule has 2 rings (SSSR count). The van der Waals surface area contributed by atoms with E-state index in [0.717, 1.165) is 12.2 Å². The number of nitrogens with zero attached hydrogens (tertiary/aromatic N) is 3. The number of nitrogens with one attached hydrogen (secondary N) is 1. The third-order valence-corrected chi connectivity index (χ3v) is 4.36. The van der Waals surface area contributed by atoms with Crippen molar-refractivity contribution >= 4 is 23.3 Å². The van der Waals surface area contributed by atoms with E-state index in [4.69, 9.17) is 5.73 Å². The van der Waals surface area contributed by atoms with E-state index in [1.807, 2.05) is 31.2 Å². The average molecular weight is 345 g/mol. The van der Waals surface area contributed by atoms with E-state index in [-0.39, 0.29) is 17.7 Å². The first-order valence-corrected chi connectivity index (χ1v) is 8.55. The van der Waals surface area contributed by atoms with Crippen molar-refractivity contribution in [3.63, 3.8) is 0 Å². The van der Waals surface area contributed by atoms with Crippen LogP contribution in [-0.2, 0) is 4.79 Å². The Bertz CT molecular complexity index is 676. The van der Waals surface area contributed by atoms with Gasteiger partial charge in [0.15, 0.2) is 5.71 Å². The highest BCUT2D eigenvalue weighted by atomic mass is 16.2. The van der Waals surface area contributed by atoms with Crippen LogP contribution in [-0.4, -0.2) is 47.2 Å². The molecule has 136 valence electrons. The van der Waals surface area contributed by atoms with Gasteiger partial charge in [0.2, 0.25) is 0 Å². The van der Waals surface area contributed by atoms with E-state index >= 15 is 0 Å². The smallest absolute Gasteiger partial charge is 0.332 e. The molecular formula is C18H27N5O2. The minimum atomic E-state index is -0.796. The molecule has 1 atom stereocenters. The number of hydrazone groups is 1. The molecule has 0 radical (unpaired) electrons. The Morgan fingerprint density at radius 1 is 1.20 bits per heavy atom. The van der Waals surface area contributed by atoms with Crippen molar-refractivity contribution in [2.75, 3.05) is 11.4 Å². The summed E-state index contributed by atoms with van der Waals surface area (Å²) in [5.41, 5.74) is 8.95. The molecule has 0 spiro atoms. The van der Waals surface area contributed by atoms with Crippen LogP contribution in [0.25, 0.3) is 0 Å². The van der Waals surface area contributed by atoms with Gasteiger partial charge in [-0.1, -0.05) is 18.2 Å². The lowest BCUT2D eigenvalue weighted by molar-refractivity contribution is -0.112. The van der Waals surface area contributed by atoms with Crippen LogP contribution in [0.5, 0.6) is 0 Å². The maximum absolute atomic E-state index is 12.9. The van der Waals surface area contributed by atoms with E-state index in [1.165, 1.54) is 0 Å². The van der Waals surface area contributed by atoms with E-state index in [2.05, 4.69) is 43.1 Å². The highest BCUT2D eigenvalue weighted by molar-refractivity contribution is 6.54. The fourth-order valence-electron chi connectivity index (χ4n) is 3.28. The fourth-order valence-corrected chi connectivity index (χ4v) is 3.28. The third kappa shape index (κ3) is 3.99. The predicted molar refractivity (Wildman–Crippen MR) is 99.6 cm³/mol. The Balaban J connectivity index is 2.33. The minimum Gasteiger partial charge on any atom is -0.350 e. The molecule has 0 bridgehead atoms. The minimum absolute atomic E-state index is 0.0419. The number of para-hydroxylation sites is 1. The lowest BCUT2D eigenvalue weighted by Crippen LogP contribution is -2.49. The van der Waals surface area contributed by atoms with Crippen molar-refractivity contribution in [2.45, 2.75) is 52.7 Å². The summed E-state index contributed by atoms with van der Waals surface area (Å²) in [6, 6.07) is 7.36. The van der Waals surface area contributed by atoms with E-state index in [0.29, 0.717) is 17.6 Å². The number of benzene rings is 1. The van der Waals surface area contributed by atoms with Crippen LogP contribution in [0.15, 0.2) is 29.4 Å². The molecular weight excluding hydrogens is 318 g/mol. The summed E-state index contributed by atoms with van der Waals surface area (Å²) in [6.45, 7) is 11.4. The second-order valence-corrected chi connectivity index (χ2v) is 6.86. The molecule has 7 nitrogen and oxygen atoms in total. The summed E-state index contributed by atoms with van der Waals surface area (Å²) in [5, 5.41) is 3.91. The maximum Gasteiger partial charge on any atom is 0.332 e. The number of hydrogen-bond acceptors (Lipinski definition) is 4. The molecule has 1 unspecified atom stereocenters. The van der Waals surface area contributed by atoms with Crippen molar-refractivity contribution in [1.82, 2.24) is 10.3 Å². The number of amides is 3. The van der Waals surface area contributed by atoms with Gasteiger partial charge in [0.25, 0.3) is 5.91 Å². The molecule has 0 saturated carbocycles. The van der Waals surface area contributed by atoms with Crippen LogP contribution in [0.1, 0.15) is 40.2 Å². The summed E-state index contributed by atoms with van der Waals surface area (Å²) < 4.78 is 0. The summed E-state index contributed by atoms with van der Waals surface area (Å²) in [7, 11) is 0. The molecule has 1 aliphatic rings. The summed E-state index contributed by atoms with van der Waals surface area (Å²) in [4.78, 5) is 28.0. The lowest BCUT2D eigenvalue weighted by atomic mass is 10.1. The highest BCUT2D eigenvalue weighted by Crippen LogP contribution is 2.31. The first-order chi connectivity index (χ1) is 11.7. The molecule has 1 aromatic rings. The van der Waals surface area contributed by atoms with Gasteiger partial charge in [-0.05, 0) is 40.7 Å². The summed E-state index contributed by atoms with van der Waals surface area (Å²) in [5.74, 6) is -0.227. The number of nitrogens with two attached hydrogens (primary N) is 1. The predicted octanol–water partition coefficient (Wildman–Crippen LogP) is 1.91. The van der Waals surface area contributed by atoms with Gasteiger partial charge in [-0.15, -0.1) is 0 Å². The molecule has 3 N–H and O–H groups in total. The van der Waals surface area contributed by atoms with E-state index in [9.17, 15) is 9.59 Å². The second kappa shape index (κ2) is 7.65. The topological polar surface area (TPSA) is 91.0 Å². The zero-order valence-electron chi connectivity index (χ0n) is 15.5. The first-order valence-electron chi connectivity index (χ1n) is 8.55. The second-order valence-electron chi connectivity index (χ2n) is 6.86. The molecule has 0 aromatic heterocycles. The van der Waals surface area contributed by atoms with Crippen LogP contribution in [0.2, 0.25) is 0 Å². The van der Waals surface area contributed by atoms with Gasteiger partial charge in [0, 0.05) is 30.2 Å². The van der Waals surface area contributed by atoms with Crippen LogP contribution >= 0.6 is 0 Å². The monoisotopic (exact) mass is 345 g/mol. The summed E-state index contributed by atoms with van der Waals surface area (Å²) >= 11 is 0. The number of carbonyl (C=O) groups excluding carboxylic acids is 2. The van der Waals surface area contributed by atoms with Crippen LogP contribution in [0, 0.1) is 0 Å². The fraction of sp³-hybridized carbons (Fsp3) is 0.500. The van der Waals surface area contributed by atoms with Crippen molar-refractivity contribution < 1.29 is 9.59 Å². The zero-order chi connectivity index (χ0) is 18.7. The van der Waals surface area contributed by atoms with Crippen molar-refractivity contribution in [2.24, 2.45) is 10.8 Å². The molecule has 0 fully saturated rings. The Hall–Kier alpha value is -2.41. The van der Waals surface area contributed by atoms with Gasteiger partial charge >= 0.3 is 6.03 Å². The van der Waals surface area contributed by atoms with Crippen molar-refractivity contribution in [1.29, 1.82) is 0 Å². The normalized spacial score (nSPS) is 16.9. The maximum atomic E-state index is 12.9. The molecule has 0 saturated heterocycles. The number of carbonyl (C=O) groups is 2. The molecule has 1 aliphatic heterocycles. The third-order valence-electron chi connectivity index (χ3n) is 4.36. The Morgan fingerprint density at radius 2 is 1.80 bits per heavy atom. The lowest BCUT2D eigenvalue weighted by Gasteiger charge is -2.36. The largest absolute Gasteiger partial charge is 0.350 e. The van der Waals surface area contributed by atoms with Gasteiger partial charge in [0.1, 0.15) is 0 Å².